The van der Waals surface area contributed by atoms with Crippen LogP contribution in [-0.2, 0) is 4.74 Å². The van der Waals surface area contributed by atoms with Crippen LogP contribution in [0.1, 0.15) is 24.2 Å². The fourth-order valence-corrected chi connectivity index (χ4v) is 1.13. The predicted octanol–water partition coefficient (Wildman–Crippen LogP) is 4.20. The Morgan fingerprint density at radius 1 is 1.33 bits per heavy atom. The third kappa shape index (κ3) is 8.60. The Kier molecular flexibility index (Phi) is 13.3. The molecule has 86 valence electrons. The van der Waals surface area contributed by atoms with Crippen LogP contribution in [0.4, 0.5) is 0 Å². The highest BCUT2D eigenvalue weighted by molar-refractivity contribution is 9.10. The molecule has 0 heterocycles. The fourth-order valence-electron chi connectivity index (χ4n) is 0.605. The van der Waals surface area contributed by atoms with E-state index in [0.717, 1.165) is 10.8 Å². The molecule has 1 aromatic carbocycles. The second-order valence-corrected chi connectivity index (χ2v) is 3.48. The molecular weight excluding hydrogens is 279 g/mol. The zero-order valence-corrected chi connectivity index (χ0v) is 11.7. The van der Waals surface area contributed by atoms with Gasteiger partial charge < -0.3 is 4.74 Å². The Hall–Kier alpha value is -0.380. The average molecular weight is 296 g/mol. The molecule has 0 spiro atoms. The molecule has 0 radical (unpaired) electrons. The first-order valence-electron chi connectivity index (χ1n) is 4.46. The molecule has 0 N–H and O–H groups in total. The minimum absolute atomic E-state index is 0.574. The fraction of sp³-hybridized carbons (Fsp3) is 0.364. The van der Waals surface area contributed by atoms with Gasteiger partial charge in [0.2, 0.25) is 0 Å². The minimum Gasteiger partial charge on any atom is -0.388 e. The largest absolute Gasteiger partial charge is 0.388 e. The summed E-state index contributed by atoms with van der Waals surface area (Å²) in [7, 11) is 3.25. The van der Waals surface area contributed by atoms with Crippen molar-refractivity contribution in [2.45, 2.75) is 13.8 Å². The summed E-state index contributed by atoms with van der Waals surface area (Å²) in [6.45, 7) is 4.00. The normalized spacial score (nSPS) is 7.87. The molecule has 15 heavy (non-hydrogen) atoms. The molecule has 0 atom stereocenters. The number of benzene rings is 1. The van der Waals surface area contributed by atoms with E-state index < -0.39 is 0 Å². The topological polar surface area (TPSA) is 26.3 Å². The molecule has 4 heteroatoms. The van der Waals surface area contributed by atoms with Crippen molar-refractivity contribution < 1.29 is 9.53 Å². The van der Waals surface area contributed by atoms with Crippen LogP contribution in [0.25, 0.3) is 0 Å². The van der Waals surface area contributed by atoms with Crippen molar-refractivity contribution in [1.29, 1.82) is 0 Å². The SMILES string of the molecule is CC.COC.O=Cc1cc(Cl)ccc1Br. The first-order chi connectivity index (χ1) is 7.15. The lowest BCUT2D eigenvalue weighted by Crippen LogP contribution is -1.80. The van der Waals surface area contributed by atoms with Crippen molar-refractivity contribution in [3.8, 4) is 0 Å². The number of halogens is 2. The molecule has 0 aliphatic carbocycles. The van der Waals surface area contributed by atoms with Gasteiger partial charge in [-0.3, -0.25) is 4.79 Å². The van der Waals surface area contributed by atoms with Gasteiger partial charge in [-0.25, -0.2) is 0 Å². The van der Waals surface area contributed by atoms with Gasteiger partial charge in [0, 0.05) is 29.3 Å². The Balaban J connectivity index is 0. The maximum absolute atomic E-state index is 10.3. The van der Waals surface area contributed by atoms with E-state index in [2.05, 4.69) is 20.7 Å². The standard InChI is InChI=1S/C7H4BrClO.C2H6O.C2H6/c8-7-2-1-6(9)3-5(7)4-10;1-3-2;1-2/h1-4H;1-2H3;1-2H3. The van der Waals surface area contributed by atoms with Gasteiger partial charge in [0.05, 0.1) is 0 Å². The smallest absolute Gasteiger partial charge is 0.151 e. The summed E-state index contributed by atoms with van der Waals surface area (Å²) in [4.78, 5) is 10.3. The number of hydrogen-bond acceptors (Lipinski definition) is 2. The number of carbonyl (C=O) groups excluding carboxylic acids is 1. The van der Waals surface area contributed by atoms with Crippen LogP contribution in [0.15, 0.2) is 22.7 Å². The molecule has 0 amide bonds. The summed E-state index contributed by atoms with van der Waals surface area (Å²) in [5, 5.41) is 0.574. The van der Waals surface area contributed by atoms with E-state index in [1.165, 1.54) is 0 Å². The number of carbonyl (C=O) groups is 1. The van der Waals surface area contributed by atoms with Crippen LogP contribution in [0.3, 0.4) is 0 Å². The lowest BCUT2D eigenvalue weighted by atomic mass is 10.2. The molecule has 0 aliphatic heterocycles. The highest BCUT2D eigenvalue weighted by atomic mass is 79.9. The number of ether oxygens (including phenoxy) is 1. The summed E-state index contributed by atoms with van der Waals surface area (Å²) in [6, 6.07) is 5.07. The van der Waals surface area contributed by atoms with E-state index in [9.17, 15) is 4.79 Å². The van der Waals surface area contributed by atoms with Gasteiger partial charge in [0.15, 0.2) is 6.29 Å². The molecule has 0 unspecified atom stereocenters. The Bertz CT molecular complexity index is 277. The predicted molar refractivity (Wildman–Crippen MR) is 68.8 cm³/mol. The molecule has 0 fully saturated rings. The van der Waals surface area contributed by atoms with Crippen LogP contribution in [0.2, 0.25) is 5.02 Å². The first kappa shape index (κ1) is 17.0. The second-order valence-electron chi connectivity index (χ2n) is 2.19. The van der Waals surface area contributed by atoms with Crippen LogP contribution in [0.5, 0.6) is 0 Å². The van der Waals surface area contributed by atoms with E-state index in [1.54, 1.807) is 32.4 Å². The van der Waals surface area contributed by atoms with E-state index >= 15 is 0 Å². The number of hydrogen-bond donors (Lipinski definition) is 0. The van der Waals surface area contributed by atoms with Gasteiger partial charge in [-0.15, -0.1) is 0 Å². The minimum atomic E-state index is 0.574. The van der Waals surface area contributed by atoms with Gasteiger partial charge in [-0.1, -0.05) is 41.4 Å². The molecule has 0 saturated carbocycles. The van der Waals surface area contributed by atoms with Crippen molar-refractivity contribution in [2.24, 2.45) is 0 Å². The first-order valence-corrected chi connectivity index (χ1v) is 5.63. The van der Waals surface area contributed by atoms with Gasteiger partial charge in [0.1, 0.15) is 0 Å². The summed E-state index contributed by atoms with van der Waals surface area (Å²) in [5.74, 6) is 0. The van der Waals surface area contributed by atoms with Crippen molar-refractivity contribution >= 4 is 33.8 Å². The summed E-state index contributed by atoms with van der Waals surface area (Å²) >= 11 is 8.82. The van der Waals surface area contributed by atoms with E-state index in [4.69, 9.17) is 11.6 Å². The summed E-state index contributed by atoms with van der Waals surface area (Å²) in [5.41, 5.74) is 0.576. The quantitative estimate of drug-likeness (QED) is 0.726. The van der Waals surface area contributed by atoms with Crippen molar-refractivity contribution in [3.63, 3.8) is 0 Å². The Morgan fingerprint density at radius 3 is 2.13 bits per heavy atom. The zero-order valence-electron chi connectivity index (χ0n) is 9.38. The molecule has 1 rings (SSSR count). The number of aldehydes is 1. The Labute approximate surface area is 105 Å². The number of rotatable bonds is 1. The molecule has 0 aromatic heterocycles. The van der Waals surface area contributed by atoms with Gasteiger partial charge in [-0.05, 0) is 18.2 Å². The summed E-state index contributed by atoms with van der Waals surface area (Å²) < 4.78 is 5.02. The molecule has 1 aromatic rings. The molecular formula is C11H16BrClO2. The highest BCUT2D eigenvalue weighted by Crippen LogP contribution is 2.18. The highest BCUT2D eigenvalue weighted by Gasteiger charge is 1.96. The van der Waals surface area contributed by atoms with Crippen LogP contribution in [-0.4, -0.2) is 20.5 Å². The molecule has 0 saturated heterocycles. The van der Waals surface area contributed by atoms with Gasteiger partial charge in [0.25, 0.3) is 0 Å². The maximum atomic E-state index is 10.3. The van der Waals surface area contributed by atoms with E-state index in [-0.39, 0.29) is 0 Å². The molecule has 0 aliphatic rings. The number of methoxy groups -OCH3 is 1. The zero-order chi connectivity index (χ0) is 12.3. The second kappa shape index (κ2) is 11.7. The maximum Gasteiger partial charge on any atom is 0.151 e. The van der Waals surface area contributed by atoms with Gasteiger partial charge in [-0.2, -0.15) is 0 Å². The van der Waals surface area contributed by atoms with Crippen LogP contribution >= 0.6 is 27.5 Å². The van der Waals surface area contributed by atoms with Crippen LogP contribution < -0.4 is 0 Å². The third-order valence-electron chi connectivity index (χ3n) is 1.09. The van der Waals surface area contributed by atoms with E-state index in [0.29, 0.717) is 10.6 Å². The average Bonchev–Trinajstić information content (AvgIpc) is 2.26. The van der Waals surface area contributed by atoms with Crippen molar-refractivity contribution in [2.75, 3.05) is 14.2 Å². The lowest BCUT2D eigenvalue weighted by Gasteiger charge is -1.94. The van der Waals surface area contributed by atoms with Crippen molar-refractivity contribution in [1.82, 2.24) is 0 Å². The van der Waals surface area contributed by atoms with Gasteiger partial charge >= 0.3 is 0 Å². The molecule has 0 bridgehead atoms. The monoisotopic (exact) mass is 294 g/mol. The van der Waals surface area contributed by atoms with Crippen molar-refractivity contribution in [3.05, 3.63) is 33.3 Å². The molecule has 2 nitrogen and oxygen atoms in total. The third-order valence-corrected chi connectivity index (χ3v) is 2.04. The Morgan fingerprint density at radius 2 is 1.80 bits per heavy atom. The van der Waals surface area contributed by atoms with E-state index in [1.807, 2.05) is 13.8 Å². The summed E-state index contributed by atoms with van der Waals surface area (Å²) in [6.07, 6.45) is 0.760. The van der Waals surface area contributed by atoms with Crippen LogP contribution in [0, 0.1) is 0 Å². The lowest BCUT2D eigenvalue weighted by molar-refractivity contribution is 0.112.